The van der Waals surface area contributed by atoms with Crippen LogP contribution in [0.4, 0.5) is 0 Å². The molecule has 1 aliphatic rings. The standard InChI is InChI=1S/C10H7NO4S/c12-9(13)7-11-8-6(10(14)15-7)4-2-1-3-5(4)16-8/h1-3H2,(H,12,13). The Bertz CT molecular complexity index is 655. The number of carboxylic acids is 1. The van der Waals surface area contributed by atoms with Crippen molar-refractivity contribution in [2.75, 3.05) is 0 Å². The summed E-state index contributed by atoms with van der Waals surface area (Å²) < 4.78 is 4.68. The third kappa shape index (κ3) is 1.19. The van der Waals surface area contributed by atoms with Crippen LogP contribution >= 0.6 is 11.3 Å². The van der Waals surface area contributed by atoms with Crippen LogP contribution < -0.4 is 5.63 Å². The summed E-state index contributed by atoms with van der Waals surface area (Å²) in [6, 6.07) is 0. The summed E-state index contributed by atoms with van der Waals surface area (Å²) in [6.07, 6.45) is 2.84. The minimum absolute atomic E-state index is 0.475. The van der Waals surface area contributed by atoms with E-state index in [9.17, 15) is 9.59 Å². The van der Waals surface area contributed by atoms with E-state index in [2.05, 4.69) is 9.40 Å². The van der Waals surface area contributed by atoms with E-state index in [1.807, 2.05) is 0 Å². The SMILES string of the molecule is O=C(O)c1nc2sc3c(c2c(=O)o1)CCC3. The summed E-state index contributed by atoms with van der Waals surface area (Å²) in [6.45, 7) is 0. The molecule has 2 aromatic heterocycles. The summed E-state index contributed by atoms with van der Waals surface area (Å²) in [5.41, 5.74) is 0.417. The second kappa shape index (κ2) is 3.15. The van der Waals surface area contributed by atoms with Crippen LogP contribution in [0.5, 0.6) is 0 Å². The first-order valence-electron chi connectivity index (χ1n) is 4.85. The summed E-state index contributed by atoms with van der Waals surface area (Å²) in [5.74, 6) is -1.84. The number of carboxylic acid groups (broad SMARTS) is 1. The molecule has 0 saturated carbocycles. The van der Waals surface area contributed by atoms with Crippen molar-refractivity contribution in [1.82, 2.24) is 4.98 Å². The number of thiophene rings is 1. The molecule has 6 heteroatoms. The number of aromatic carboxylic acids is 1. The fourth-order valence-corrected chi connectivity index (χ4v) is 3.27. The molecule has 0 atom stereocenters. The van der Waals surface area contributed by atoms with Gasteiger partial charge >= 0.3 is 17.5 Å². The Morgan fingerprint density at radius 3 is 3.00 bits per heavy atom. The monoisotopic (exact) mass is 237 g/mol. The highest BCUT2D eigenvalue weighted by Crippen LogP contribution is 2.34. The summed E-state index contributed by atoms with van der Waals surface area (Å²) in [4.78, 5) is 27.8. The van der Waals surface area contributed by atoms with Gasteiger partial charge in [0.2, 0.25) is 0 Å². The fourth-order valence-electron chi connectivity index (χ4n) is 2.02. The van der Waals surface area contributed by atoms with Gasteiger partial charge in [-0.25, -0.2) is 9.59 Å². The fraction of sp³-hybridized carbons (Fsp3) is 0.300. The van der Waals surface area contributed by atoms with Gasteiger partial charge in [0.1, 0.15) is 10.2 Å². The zero-order valence-electron chi connectivity index (χ0n) is 8.15. The van der Waals surface area contributed by atoms with Crippen LogP contribution in [-0.4, -0.2) is 16.1 Å². The Morgan fingerprint density at radius 2 is 2.25 bits per heavy atom. The molecule has 0 aromatic carbocycles. The number of aryl methyl sites for hydroxylation is 2. The lowest BCUT2D eigenvalue weighted by Crippen LogP contribution is -2.09. The van der Waals surface area contributed by atoms with Gasteiger partial charge in [0.25, 0.3) is 0 Å². The summed E-state index contributed by atoms with van der Waals surface area (Å²) in [7, 11) is 0. The number of hydrogen-bond acceptors (Lipinski definition) is 5. The molecular formula is C10H7NO4S. The van der Waals surface area contributed by atoms with Crippen molar-refractivity contribution in [3.8, 4) is 0 Å². The molecule has 1 N–H and O–H groups in total. The molecule has 82 valence electrons. The molecule has 0 radical (unpaired) electrons. The predicted molar refractivity (Wildman–Crippen MR) is 57.1 cm³/mol. The molecule has 0 saturated heterocycles. The maximum Gasteiger partial charge on any atom is 0.392 e. The largest absolute Gasteiger partial charge is 0.474 e. The highest BCUT2D eigenvalue weighted by molar-refractivity contribution is 7.18. The maximum absolute atomic E-state index is 11.7. The quantitative estimate of drug-likeness (QED) is 0.811. The molecule has 2 heterocycles. The van der Waals surface area contributed by atoms with Crippen LogP contribution in [-0.2, 0) is 12.8 Å². The van der Waals surface area contributed by atoms with E-state index in [1.165, 1.54) is 11.3 Å². The Hall–Kier alpha value is -1.69. The summed E-state index contributed by atoms with van der Waals surface area (Å²) in [5, 5.41) is 9.20. The van der Waals surface area contributed by atoms with E-state index in [4.69, 9.17) is 5.11 Å². The van der Waals surface area contributed by atoms with Gasteiger partial charge in [0.15, 0.2) is 0 Å². The van der Waals surface area contributed by atoms with Gasteiger partial charge in [-0.1, -0.05) is 0 Å². The van der Waals surface area contributed by atoms with Gasteiger partial charge in [-0.3, -0.25) is 0 Å². The second-order valence-electron chi connectivity index (χ2n) is 3.65. The topological polar surface area (TPSA) is 80.4 Å². The minimum atomic E-state index is -1.31. The lowest BCUT2D eigenvalue weighted by Gasteiger charge is -1.93. The first kappa shape index (κ1) is 9.53. The molecule has 0 unspecified atom stereocenters. The second-order valence-corrected chi connectivity index (χ2v) is 4.73. The molecule has 0 spiro atoms. The van der Waals surface area contributed by atoms with E-state index in [0.29, 0.717) is 10.2 Å². The van der Waals surface area contributed by atoms with E-state index in [1.54, 1.807) is 0 Å². The highest BCUT2D eigenvalue weighted by Gasteiger charge is 2.23. The number of nitrogens with zero attached hydrogens (tertiary/aromatic N) is 1. The first-order valence-corrected chi connectivity index (χ1v) is 5.67. The number of hydrogen-bond donors (Lipinski definition) is 1. The van der Waals surface area contributed by atoms with Crippen molar-refractivity contribution >= 4 is 27.5 Å². The van der Waals surface area contributed by atoms with Crippen molar-refractivity contribution in [3.63, 3.8) is 0 Å². The predicted octanol–water partition coefficient (Wildman–Crippen LogP) is 1.44. The van der Waals surface area contributed by atoms with Crippen LogP contribution in [0.2, 0.25) is 0 Å². The molecular weight excluding hydrogens is 230 g/mol. The van der Waals surface area contributed by atoms with Crippen molar-refractivity contribution < 1.29 is 14.3 Å². The smallest absolute Gasteiger partial charge is 0.392 e. The number of carbonyl (C=O) groups is 1. The van der Waals surface area contributed by atoms with Gasteiger partial charge in [-0.2, -0.15) is 4.98 Å². The van der Waals surface area contributed by atoms with E-state index in [-0.39, 0.29) is 0 Å². The number of fused-ring (bicyclic) bond motifs is 3. The lowest BCUT2D eigenvalue weighted by atomic mass is 10.2. The van der Waals surface area contributed by atoms with Crippen molar-refractivity contribution in [3.05, 3.63) is 26.8 Å². The van der Waals surface area contributed by atoms with E-state index >= 15 is 0 Å². The van der Waals surface area contributed by atoms with Crippen molar-refractivity contribution in [1.29, 1.82) is 0 Å². The van der Waals surface area contributed by atoms with Crippen LogP contribution in [0.25, 0.3) is 10.2 Å². The van der Waals surface area contributed by atoms with E-state index in [0.717, 1.165) is 29.7 Å². The molecule has 16 heavy (non-hydrogen) atoms. The molecule has 0 amide bonds. The maximum atomic E-state index is 11.7. The van der Waals surface area contributed by atoms with Crippen molar-refractivity contribution in [2.24, 2.45) is 0 Å². The first-order chi connectivity index (χ1) is 7.66. The average molecular weight is 237 g/mol. The highest BCUT2D eigenvalue weighted by atomic mass is 32.1. The van der Waals surface area contributed by atoms with Crippen molar-refractivity contribution in [2.45, 2.75) is 19.3 Å². The van der Waals surface area contributed by atoms with Crippen LogP contribution in [0.1, 0.15) is 27.5 Å². The van der Waals surface area contributed by atoms with Gasteiger partial charge in [-0.05, 0) is 24.8 Å². The van der Waals surface area contributed by atoms with Gasteiger partial charge < -0.3 is 9.52 Å². The zero-order chi connectivity index (χ0) is 11.3. The van der Waals surface area contributed by atoms with E-state index < -0.39 is 17.5 Å². The van der Waals surface area contributed by atoms with Gasteiger partial charge in [-0.15, -0.1) is 11.3 Å². The molecule has 0 bridgehead atoms. The molecule has 5 nitrogen and oxygen atoms in total. The molecule has 1 aliphatic carbocycles. The zero-order valence-corrected chi connectivity index (χ0v) is 8.97. The minimum Gasteiger partial charge on any atom is -0.474 e. The molecule has 3 rings (SSSR count). The Labute approximate surface area is 93.3 Å². The Balaban J connectivity index is 2.38. The third-order valence-corrected chi connectivity index (χ3v) is 3.87. The molecule has 2 aromatic rings. The van der Waals surface area contributed by atoms with Crippen LogP contribution in [0.3, 0.4) is 0 Å². The number of rotatable bonds is 1. The normalized spacial score (nSPS) is 14.2. The molecule has 0 fully saturated rings. The Kier molecular flexibility index (Phi) is 1.88. The number of aromatic nitrogens is 1. The molecule has 0 aliphatic heterocycles. The van der Waals surface area contributed by atoms with Crippen LogP contribution in [0, 0.1) is 0 Å². The lowest BCUT2D eigenvalue weighted by molar-refractivity contribution is 0.0647. The summed E-state index contributed by atoms with van der Waals surface area (Å²) >= 11 is 1.40. The van der Waals surface area contributed by atoms with Gasteiger partial charge in [0.05, 0.1) is 0 Å². The van der Waals surface area contributed by atoms with Gasteiger partial charge in [0, 0.05) is 4.88 Å². The Morgan fingerprint density at radius 1 is 1.44 bits per heavy atom. The van der Waals surface area contributed by atoms with Crippen LogP contribution in [0.15, 0.2) is 9.21 Å². The third-order valence-electron chi connectivity index (χ3n) is 2.68. The average Bonchev–Trinajstić information content (AvgIpc) is 2.75.